The molecule has 0 aliphatic rings. The summed E-state index contributed by atoms with van der Waals surface area (Å²) in [5.41, 5.74) is 8.27. The zero-order valence-corrected chi connectivity index (χ0v) is 12.4. The van der Waals surface area contributed by atoms with Crippen LogP contribution >= 0.6 is 0 Å². The van der Waals surface area contributed by atoms with Crippen LogP contribution in [0.2, 0.25) is 0 Å². The van der Waals surface area contributed by atoms with Gasteiger partial charge in [-0.2, -0.15) is 5.10 Å². The first-order chi connectivity index (χ1) is 10.1. The highest BCUT2D eigenvalue weighted by Gasteiger charge is 2.18. The van der Waals surface area contributed by atoms with Crippen molar-refractivity contribution in [2.75, 3.05) is 12.8 Å². The summed E-state index contributed by atoms with van der Waals surface area (Å²) in [4.78, 5) is 12.2. The molecule has 1 unspecified atom stereocenters. The number of rotatable bonds is 5. The third-order valence-electron chi connectivity index (χ3n) is 3.39. The summed E-state index contributed by atoms with van der Waals surface area (Å²) < 4.78 is 5.18. The standard InChI is InChI=1S/C15H20N4O2/c1-4-12-13(16)14(19-18-12)15(20)17-9(2)10-6-5-7-11(8-10)21-3/h5-9H,4,16H2,1-3H3,(H,17,20)(H,18,19). The second-order valence-electron chi connectivity index (χ2n) is 4.79. The minimum Gasteiger partial charge on any atom is -0.497 e. The smallest absolute Gasteiger partial charge is 0.274 e. The average molecular weight is 288 g/mol. The van der Waals surface area contributed by atoms with Crippen molar-refractivity contribution < 1.29 is 9.53 Å². The van der Waals surface area contributed by atoms with Gasteiger partial charge >= 0.3 is 0 Å². The number of H-pyrrole nitrogens is 1. The molecule has 0 fully saturated rings. The molecule has 6 nitrogen and oxygen atoms in total. The van der Waals surface area contributed by atoms with Crippen LogP contribution in [0.4, 0.5) is 5.69 Å². The van der Waals surface area contributed by atoms with Crippen molar-refractivity contribution >= 4 is 11.6 Å². The molecule has 0 aliphatic carbocycles. The molecule has 1 amide bonds. The number of nitrogen functional groups attached to an aromatic ring is 1. The van der Waals surface area contributed by atoms with Crippen LogP contribution in [-0.2, 0) is 6.42 Å². The monoisotopic (exact) mass is 288 g/mol. The Kier molecular flexibility index (Phi) is 4.47. The lowest BCUT2D eigenvalue weighted by molar-refractivity contribution is 0.0935. The molecule has 0 radical (unpaired) electrons. The molecule has 4 N–H and O–H groups in total. The van der Waals surface area contributed by atoms with Gasteiger partial charge in [-0.25, -0.2) is 0 Å². The van der Waals surface area contributed by atoms with E-state index in [1.54, 1.807) is 7.11 Å². The quantitative estimate of drug-likeness (QED) is 0.785. The summed E-state index contributed by atoms with van der Waals surface area (Å²) in [6, 6.07) is 7.38. The van der Waals surface area contributed by atoms with E-state index in [9.17, 15) is 4.79 Å². The van der Waals surface area contributed by atoms with Crippen molar-refractivity contribution in [3.8, 4) is 5.75 Å². The SMILES string of the molecule is CCc1[nH]nc(C(=O)NC(C)c2cccc(OC)c2)c1N. The van der Waals surface area contributed by atoms with E-state index in [0.717, 1.165) is 17.0 Å². The number of nitrogens with zero attached hydrogens (tertiary/aromatic N) is 1. The fourth-order valence-corrected chi connectivity index (χ4v) is 2.09. The number of aromatic nitrogens is 2. The molecule has 1 heterocycles. The van der Waals surface area contributed by atoms with E-state index >= 15 is 0 Å². The average Bonchev–Trinajstić information content (AvgIpc) is 2.88. The van der Waals surface area contributed by atoms with Crippen LogP contribution in [0.15, 0.2) is 24.3 Å². The maximum atomic E-state index is 12.2. The van der Waals surface area contributed by atoms with Gasteiger partial charge in [-0.15, -0.1) is 0 Å². The highest BCUT2D eigenvalue weighted by Crippen LogP contribution is 2.20. The zero-order chi connectivity index (χ0) is 15.4. The summed E-state index contributed by atoms with van der Waals surface area (Å²) >= 11 is 0. The number of methoxy groups -OCH3 is 1. The van der Waals surface area contributed by atoms with Gasteiger partial charge in [0, 0.05) is 0 Å². The summed E-state index contributed by atoms with van der Waals surface area (Å²) in [5, 5.41) is 9.65. The van der Waals surface area contributed by atoms with Crippen LogP contribution in [0.25, 0.3) is 0 Å². The molecule has 0 aliphatic heterocycles. The number of hydrogen-bond acceptors (Lipinski definition) is 4. The van der Waals surface area contributed by atoms with Crippen LogP contribution in [-0.4, -0.2) is 23.2 Å². The molecule has 1 aromatic carbocycles. The van der Waals surface area contributed by atoms with E-state index < -0.39 is 0 Å². The summed E-state index contributed by atoms with van der Waals surface area (Å²) in [7, 11) is 1.61. The van der Waals surface area contributed by atoms with Gasteiger partial charge in [0.25, 0.3) is 5.91 Å². The van der Waals surface area contributed by atoms with Gasteiger partial charge in [-0.05, 0) is 31.0 Å². The van der Waals surface area contributed by atoms with Crippen LogP contribution in [0.5, 0.6) is 5.75 Å². The van der Waals surface area contributed by atoms with Crippen molar-refractivity contribution in [1.29, 1.82) is 0 Å². The number of anilines is 1. The fraction of sp³-hybridized carbons (Fsp3) is 0.333. The van der Waals surface area contributed by atoms with Gasteiger partial charge < -0.3 is 15.8 Å². The summed E-state index contributed by atoms with van der Waals surface area (Å²) in [6.07, 6.45) is 0.706. The van der Waals surface area contributed by atoms with Crippen molar-refractivity contribution in [1.82, 2.24) is 15.5 Å². The molecule has 21 heavy (non-hydrogen) atoms. The predicted octanol–water partition coefficient (Wildman–Crippen LogP) is 2.05. The van der Waals surface area contributed by atoms with E-state index in [1.807, 2.05) is 38.1 Å². The second kappa shape index (κ2) is 6.30. The maximum Gasteiger partial charge on any atom is 0.274 e. The predicted molar refractivity (Wildman–Crippen MR) is 81.3 cm³/mol. The molecule has 0 saturated carbocycles. The molecule has 2 aromatic rings. The zero-order valence-electron chi connectivity index (χ0n) is 12.4. The van der Waals surface area contributed by atoms with Gasteiger partial charge in [0.2, 0.25) is 0 Å². The van der Waals surface area contributed by atoms with Crippen LogP contribution < -0.4 is 15.8 Å². The number of ether oxygens (including phenoxy) is 1. The molecule has 0 bridgehead atoms. The number of carbonyl (C=O) groups is 1. The van der Waals surface area contributed by atoms with Crippen molar-refractivity contribution in [2.24, 2.45) is 0 Å². The number of hydrogen-bond donors (Lipinski definition) is 3. The Bertz CT molecular complexity index is 636. The lowest BCUT2D eigenvalue weighted by Gasteiger charge is -2.14. The highest BCUT2D eigenvalue weighted by molar-refractivity contribution is 5.97. The molecular formula is C15H20N4O2. The number of amides is 1. The Hall–Kier alpha value is -2.50. The van der Waals surface area contributed by atoms with Gasteiger partial charge in [0.15, 0.2) is 5.69 Å². The largest absolute Gasteiger partial charge is 0.497 e. The van der Waals surface area contributed by atoms with Gasteiger partial charge in [-0.1, -0.05) is 19.1 Å². The van der Waals surface area contributed by atoms with Crippen LogP contribution in [0.1, 0.15) is 41.6 Å². The van der Waals surface area contributed by atoms with E-state index in [4.69, 9.17) is 10.5 Å². The molecule has 1 aromatic heterocycles. The van der Waals surface area contributed by atoms with Gasteiger partial charge in [0.05, 0.1) is 24.5 Å². The Labute approximate surface area is 123 Å². The molecule has 0 spiro atoms. The first-order valence-corrected chi connectivity index (χ1v) is 6.84. The van der Waals surface area contributed by atoms with Gasteiger partial charge in [-0.3, -0.25) is 9.89 Å². The number of aryl methyl sites for hydroxylation is 1. The number of benzene rings is 1. The molecule has 1 atom stereocenters. The van der Waals surface area contributed by atoms with Crippen LogP contribution in [0, 0.1) is 0 Å². The third-order valence-corrected chi connectivity index (χ3v) is 3.39. The number of aromatic amines is 1. The van der Waals surface area contributed by atoms with E-state index in [2.05, 4.69) is 15.5 Å². The molecular weight excluding hydrogens is 268 g/mol. The highest BCUT2D eigenvalue weighted by atomic mass is 16.5. The first kappa shape index (κ1) is 14.9. The van der Waals surface area contributed by atoms with Crippen molar-refractivity contribution in [3.63, 3.8) is 0 Å². The van der Waals surface area contributed by atoms with E-state index in [1.165, 1.54) is 0 Å². The number of carbonyl (C=O) groups excluding carboxylic acids is 1. The van der Waals surface area contributed by atoms with Crippen molar-refractivity contribution in [2.45, 2.75) is 26.3 Å². The maximum absolute atomic E-state index is 12.2. The molecule has 0 saturated heterocycles. The Morgan fingerprint density at radius 2 is 2.29 bits per heavy atom. The molecule has 2 rings (SSSR count). The van der Waals surface area contributed by atoms with Crippen molar-refractivity contribution in [3.05, 3.63) is 41.2 Å². The number of nitrogens with one attached hydrogen (secondary N) is 2. The Morgan fingerprint density at radius 3 is 2.90 bits per heavy atom. The topological polar surface area (TPSA) is 93.0 Å². The molecule has 112 valence electrons. The second-order valence-corrected chi connectivity index (χ2v) is 4.79. The van der Waals surface area contributed by atoms with E-state index in [-0.39, 0.29) is 17.6 Å². The number of nitrogens with two attached hydrogens (primary N) is 1. The van der Waals surface area contributed by atoms with E-state index in [0.29, 0.717) is 12.1 Å². The fourth-order valence-electron chi connectivity index (χ4n) is 2.09. The van der Waals surface area contributed by atoms with Crippen LogP contribution in [0.3, 0.4) is 0 Å². The molecule has 6 heteroatoms. The summed E-state index contributed by atoms with van der Waals surface area (Å²) in [5.74, 6) is 0.458. The summed E-state index contributed by atoms with van der Waals surface area (Å²) in [6.45, 7) is 3.85. The minimum atomic E-state index is -0.293. The Balaban J connectivity index is 2.12. The first-order valence-electron chi connectivity index (χ1n) is 6.84. The Morgan fingerprint density at radius 1 is 1.52 bits per heavy atom. The lowest BCUT2D eigenvalue weighted by atomic mass is 10.1. The minimum absolute atomic E-state index is 0.172. The lowest BCUT2D eigenvalue weighted by Crippen LogP contribution is -2.27. The van der Waals surface area contributed by atoms with Gasteiger partial charge in [0.1, 0.15) is 5.75 Å². The normalized spacial score (nSPS) is 12.0. The third kappa shape index (κ3) is 3.16.